The van der Waals surface area contributed by atoms with Crippen molar-refractivity contribution in [2.24, 2.45) is 0 Å². The zero-order chi connectivity index (χ0) is 12.2. The summed E-state index contributed by atoms with van der Waals surface area (Å²) in [6.07, 6.45) is 10.1. The highest BCUT2D eigenvalue weighted by Crippen LogP contribution is 2.22. The summed E-state index contributed by atoms with van der Waals surface area (Å²) in [6.45, 7) is 7.59. The Kier molecular flexibility index (Phi) is 4.55. The average molecular weight is 252 g/mol. The molecule has 0 spiro atoms. The number of nitrogens with zero attached hydrogens (tertiary/aromatic N) is 2. The molecule has 3 saturated heterocycles. The van der Waals surface area contributed by atoms with Crippen molar-refractivity contribution in [1.82, 2.24) is 9.80 Å². The molecule has 3 aliphatic rings. The van der Waals surface area contributed by atoms with Crippen LogP contribution in [0.25, 0.3) is 0 Å². The standard InChI is InChI=1S/C15H28N2O/c1-2-10-17(9-1)14-5-3-8-16(13-14)11-7-15-6-4-12-18-15/h14-15H,1-13H2. The minimum Gasteiger partial charge on any atom is -0.378 e. The second-order valence-electron chi connectivity index (χ2n) is 6.26. The van der Waals surface area contributed by atoms with Crippen LogP contribution in [-0.4, -0.2) is 61.3 Å². The first-order valence-electron chi connectivity index (χ1n) is 8.00. The fourth-order valence-electron chi connectivity index (χ4n) is 3.84. The molecule has 0 amide bonds. The van der Waals surface area contributed by atoms with E-state index in [0.29, 0.717) is 6.10 Å². The van der Waals surface area contributed by atoms with Crippen LogP contribution in [-0.2, 0) is 4.74 Å². The molecule has 18 heavy (non-hydrogen) atoms. The molecule has 0 bridgehead atoms. The Morgan fingerprint density at radius 3 is 2.61 bits per heavy atom. The van der Waals surface area contributed by atoms with E-state index in [9.17, 15) is 0 Å². The summed E-state index contributed by atoms with van der Waals surface area (Å²) in [5, 5.41) is 0. The number of hydrogen-bond acceptors (Lipinski definition) is 3. The van der Waals surface area contributed by atoms with Crippen LogP contribution in [0.15, 0.2) is 0 Å². The smallest absolute Gasteiger partial charge is 0.0588 e. The van der Waals surface area contributed by atoms with E-state index < -0.39 is 0 Å². The molecule has 3 fully saturated rings. The first-order chi connectivity index (χ1) is 8.92. The van der Waals surface area contributed by atoms with Gasteiger partial charge in [-0.25, -0.2) is 0 Å². The number of likely N-dealkylation sites (tertiary alicyclic amines) is 2. The Balaban J connectivity index is 1.41. The van der Waals surface area contributed by atoms with Crippen molar-refractivity contribution >= 4 is 0 Å². The monoisotopic (exact) mass is 252 g/mol. The topological polar surface area (TPSA) is 15.7 Å². The summed E-state index contributed by atoms with van der Waals surface area (Å²) in [5.74, 6) is 0. The van der Waals surface area contributed by atoms with Gasteiger partial charge in [-0.05, 0) is 64.6 Å². The fraction of sp³-hybridized carbons (Fsp3) is 1.00. The first kappa shape index (κ1) is 12.9. The molecule has 3 heteroatoms. The maximum atomic E-state index is 5.73. The third kappa shape index (κ3) is 3.25. The lowest BCUT2D eigenvalue weighted by Crippen LogP contribution is -2.47. The van der Waals surface area contributed by atoms with E-state index >= 15 is 0 Å². The molecule has 2 atom stereocenters. The van der Waals surface area contributed by atoms with Crippen LogP contribution in [0.2, 0.25) is 0 Å². The summed E-state index contributed by atoms with van der Waals surface area (Å²) in [7, 11) is 0. The van der Waals surface area contributed by atoms with Crippen LogP contribution in [0.1, 0.15) is 44.9 Å². The fourth-order valence-corrected chi connectivity index (χ4v) is 3.84. The summed E-state index contributed by atoms with van der Waals surface area (Å²) in [4.78, 5) is 5.42. The Hall–Kier alpha value is -0.120. The Morgan fingerprint density at radius 2 is 1.83 bits per heavy atom. The number of piperidine rings is 1. The largest absolute Gasteiger partial charge is 0.378 e. The molecule has 2 unspecified atom stereocenters. The maximum Gasteiger partial charge on any atom is 0.0588 e. The SMILES string of the molecule is C1COC(CCN2CCCC(N3CCCC3)C2)C1. The number of rotatable bonds is 4. The molecule has 3 nitrogen and oxygen atoms in total. The van der Waals surface area contributed by atoms with Gasteiger partial charge >= 0.3 is 0 Å². The van der Waals surface area contributed by atoms with Gasteiger partial charge < -0.3 is 9.64 Å². The molecule has 104 valence electrons. The van der Waals surface area contributed by atoms with Gasteiger partial charge in [0, 0.05) is 25.7 Å². The summed E-state index contributed by atoms with van der Waals surface area (Å²) in [5.41, 5.74) is 0. The number of ether oxygens (including phenoxy) is 1. The second kappa shape index (κ2) is 6.36. The van der Waals surface area contributed by atoms with E-state index in [1.807, 2.05) is 0 Å². The van der Waals surface area contributed by atoms with Crippen LogP contribution < -0.4 is 0 Å². The molecule has 3 aliphatic heterocycles. The van der Waals surface area contributed by atoms with Gasteiger partial charge in [0.15, 0.2) is 0 Å². The van der Waals surface area contributed by atoms with Crippen LogP contribution >= 0.6 is 0 Å². The van der Waals surface area contributed by atoms with Gasteiger partial charge in [0.1, 0.15) is 0 Å². The molecule has 0 saturated carbocycles. The van der Waals surface area contributed by atoms with Gasteiger partial charge in [-0.1, -0.05) is 0 Å². The highest BCUT2D eigenvalue weighted by atomic mass is 16.5. The molecular formula is C15H28N2O. The minimum absolute atomic E-state index is 0.567. The highest BCUT2D eigenvalue weighted by Gasteiger charge is 2.27. The van der Waals surface area contributed by atoms with Gasteiger partial charge in [0.2, 0.25) is 0 Å². The molecule has 3 heterocycles. The van der Waals surface area contributed by atoms with E-state index in [0.717, 1.165) is 12.6 Å². The zero-order valence-corrected chi connectivity index (χ0v) is 11.6. The van der Waals surface area contributed by atoms with Crippen molar-refractivity contribution in [2.45, 2.75) is 57.1 Å². The van der Waals surface area contributed by atoms with Crippen LogP contribution in [0.4, 0.5) is 0 Å². The van der Waals surface area contributed by atoms with Crippen molar-refractivity contribution in [2.75, 3.05) is 39.3 Å². The lowest BCUT2D eigenvalue weighted by Gasteiger charge is -2.37. The van der Waals surface area contributed by atoms with Crippen LogP contribution in [0.3, 0.4) is 0 Å². The van der Waals surface area contributed by atoms with Crippen molar-refractivity contribution in [3.63, 3.8) is 0 Å². The third-order valence-electron chi connectivity index (χ3n) is 4.93. The summed E-state index contributed by atoms with van der Waals surface area (Å²) >= 11 is 0. The van der Waals surface area contributed by atoms with E-state index in [-0.39, 0.29) is 0 Å². The predicted molar refractivity (Wildman–Crippen MR) is 73.9 cm³/mol. The predicted octanol–water partition coefficient (Wildman–Crippen LogP) is 2.12. The first-order valence-corrected chi connectivity index (χ1v) is 8.00. The van der Waals surface area contributed by atoms with E-state index in [1.165, 1.54) is 77.7 Å². The van der Waals surface area contributed by atoms with Gasteiger partial charge in [-0.15, -0.1) is 0 Å². The Labute approximate surface area is 111 Å². The quantitative estimate of drug-likeness (QED) is 0.762. The Morgan fingerprint density at radius 1 is 0.944 bits per heavy atom. The van der Waals surface area contributed by atoms with Crippen molar-refractivity contribution in [3.05, 3.63) is 0 Å². The van der Waals surface area contributed by atoms with Crippen LogP contribution in [0.5, 0.6) is 0 Å². The summed E-state index contributed by atoms with van der Waals surface area (Å²) in [6, 6.07) is 0.853. The highest BCUT2D eigenvalue weighted by molar-refractivity contribution is 4.83. The summed E-state index contributed by atoms with van der Waals surface area (Å²) < 4.78 is 5.73. The lowest BCUT2D eigenvalue weighted by molar-refractivity contribution is 0.0730. The molecule has 3 rings (SSSR count). The van der Waals surface area contributed by atoms with Crippen molar-refractivity contribution in [3.8, 4) is 0 Å². The minimum atomic E-state index is 0.567. The maximum absolute atomic E-state index is 5.73. The van der Waals surface area contributed by atoms with Gasteiger partial charge in [-0.2, -0.15) is 0 Å². The zero-order valence-electron chi connectivity index (χ0n) is 11.6. The van der Waals surface area contributed by atoms with Gasteiger partial charge in [0.05, 0.1) is 6.10 Å². The third-order valence-corrected chi connectivity index (χ3v) is 4.93. The number of hydrogen-bond donors (Lipinski definition) is 0. The normalized spacial score (nSPS) is 35.3. The molecule has 0 aromatic rings. The van der Waals surface area contributed by atoms with E-state index in [2.05, 4.69) is 9.80 Å². The van der Waals surface area contributed by atoms with Crippen LogP contribution in [0, 0.1) is 0 Å². The van der Waals surface area contributed by atoms with Gasteiger partial charge in [0.25, 0.3) is 0 Å². The molecule has 0 aliphatic carbocycles. The van der Waals surface area contributed by atoms with E-state index in [1.54, 1.807) is 0 Å². The van der Waals surface area contributed by atoms with Crippen molar-refractivity contribution in [1.29, 1.82) is 0 Å². The second-order valence-corrected chi connectivity index (χ2v) is 6.26. The molecule has 0 N–H and O–H groups in total. The Bertz CT molecular complexity index is 247. The average Bonchev–Trinajstić information content (AvgIpc) is 3.10. The van der Waals surface area contributed by atoms with E-state index in [4.69, 9.17) is 4.74 Å². The molecule has 0 radical (unpaired) electrons. The molecular weight excluding hydrogens is 224 g/mol. The molecule has 0 aromatic carbocycles. The van der Waals surface area contributed by atoms with Gasteiger partial charge in [-0.3, -0.25) is 4.90 Å². The molecule has 0 aromatic heterocycles. The lowest BCUT2D eigenvalue weighted by atomic mass is 10.0. The van der Waals surface area contributed by atoms with Crippen molar-refractivity contribution < 1.29 is 4.74 Å².